The number of anilines is 2. The number of nitrogens with zero attached hydrogens (tertiary/aromatic N) is 2. The van der Waals surface area contributed by atoms with Gasteiger partial charge in [-0.2, -0.15) is 4.98 Å². The van der Waals surface area contributed by atoms with E-state index < -0.39 is 5.60 Å². The van der Waals surface area contributed by atoms with Crippen molar-refractivity contribution in [3.05, 3.63) is 12.3 Å². The Labute approximate surface area is 108 Å². The van der Waals surface area contributed by atoms with Gasteiger partial charge in [-0.05, 0) is 19.9 Å². The van der Waals surface area contributed by atoms with E-state index in [1.165, 1.54) is 0 Å². The minimum absolute atomic E-state index is 0.416. The Hall–Kier alpha value is -1.40. The van der Waals surface area contributed by atoms with E-state index >= 15 is 0 Å². The Kier molecular flexibility index (Phi) is 5.80. The topological polar surface area (TPSA) is 79.3 Å². The van der Waals surface area contributed by atoms with Crippen LogP contribution in [0.5, 0.6) is 0 Å². The van der Waals surface area contributed by atoms with Gasteiger partial charge in [0.25, 0.3) is 0 Å². The molecule has 18 heavy (non-hydrogen) atoms. The van der Waals surface area contributed by atoms with Crippen LogP contribution in [0.4, 0.5) is 11.8 Å². The first-order valence-corrected chi connectivity index (χ1v) is 6.09. The van der Waals surface area contributed by atoms with Gasteiger partial charge in [0.15, 0.2) is 0 Å². The van der Waals surface area contributed by atoms with Crippen molar-refractivity contribution in [2.75, 3.05) is 37.4 Å². The maximum absolute atomic E-state index is 10.1. The molecule has 102 valence electrons. The zero-order valence-electron chi connectivity index (χ0n) is 11.2. The second kappa shape index (κ2) is 7.13. The third-order valence-electron chi connectivity index (χ3n) is 2.49. The molecule has 0 bridgehead atoms. The van der Waals surface area contributed by atoms with Crippen molar-refractivity contribution in [3.8, 4) is 0 Å². The van der Waals surface area contributed by atoms with Crippen molar-refractivity contribution in [2.45, 2.75) is 25.9 Å². The Balaban J connectivity index is 2.49. The van der Waals surface area contributed by atoms with Gasteiger partial charge in [-0.3, -0.25) is 0 Å². The summed E-state index contributed by atoms with van der Waals surface area (Å²) in [5.41, 5.74) is -0.820. The molecule has 1 heterocycles. The number of ether oxygens (including phenoxy) is 1. The number of rotatable bonds is 8. The molecule has 0 amide bonds. The third-order valence-corrected chi connectivity index (χ3v) is 2.49. The average molecular weight is 254 g/mol. The molecular weight excluding hydrogens is 232 g/mol. The maximum atomic E-state index is 10.1. The van der Waals surface area contributed by atoms with Crippen LogP contribution in [0, 0.1) is 0 Å². The number of aliphatic hydroxyl groups is 1. The van der Waals surface area contributed by atoms with E-state index in [0.29, 0.717) is 31.3 Å². The molecule has 1 atom stereocenters. The van der Waals surface area contributed by atoms with Crippen LogP contribution in [0.15, 0.2) is 12.3 Å². The molecule has 6 nitrogen and oxygen atoms in total. The van der Waals surface area contributed by atoms with Crippen molar-refractivity contribution < 1.29 is 9.84 Å². The lowest BCUT2D eigenvalue weighted by Gasteiger charge is -2.23. The lowest BCUT2D eigenvalue weighted by atomic mass is 10.0. The molecule has 0 radical (unpaired) electrons. The monoisotopic (exact) mass is 254 g/mol. The van der Waals surface area contributed by atoms with Crippen molar-refractivity contribution in [3.63, 3.8) is 0 Å². The van der Waals surface area contributed by atoms with Crippen LogP contribution >= 0.6 is 0 Å². The summed E-state index contributed by atoms with van der Waals surface area (Å²) in [6.07, 6.45) is 2.25. The van der Waals surface area contributed by atoms with E-state index in [-0.39, 0.29) is 0 Å². The molecule has 0 saturated heterocycles. The number of aromatic nitrogens is 2. The molecule has 0 saturated carbocycles. The van der Waals surface area contributed by atoms with Crippen LogP contribution in [0.1, 0.15) is 20.3 Å². The first-order valence-electron chi connectivity index (χ1n) is 6.09. The van der Waals surface area contributed by atoms with Gasteiger partial charge >= 0.3 is 0 Å². The van der Waals surface area contributed by atoms with E-state index in [9.17, 15) is 5.11 Å². The molecule has 6 heteroatoms. The van der Waals surface area contributed by atoms with Gasteiger partial charge in [-0.15, -0.1) is 0 Å². The molecule has 1 aromatic rings. The molecule has 3 N–H and O–H groups in total. The summed E-state index contributed by atoms with van der Waals surface area (Å²) in [5, 5.41) is 16.2. The summed E-state index contributed by atoms with van der Waals surface area (Å²) in [4.78, 5) is 8.35. The van der Waals surface area contributed by atoms with Gasteiger partial charge in [0.05, 0.1) is 5.60 Å². The number of hydrogen-bond acceptors (Lipinski definition) is 6. The molecule has 0 aliphatic heterocycles. The van der Waals surface area contributed by atoms with Crippen molar-refractivity contribution in [2.24, 2.45) is 0 Å². The summed E-state index contributed by atoms with van der Waals surface area (Å²) < 4.78 is 4.96. The zero-order chi connectivity index (χ0) is 13.4. The van der Waals surface area contributed by atoms with Gasteiger partial charge in [-0.1, -0.05) is 0 Å². The average Bonchev–Trinajstić information content (AvgIpc) is 2.35. The molecule has 0 fully saturated rings. The molecule has 1 unspecified atom stereocenters. The van der Waals surface area contributed by atoms with Crippen molar-refractivity contribution >= 4 is 11.8 Å². The molecule has 1 aromatic heterocycles. The fourth-order valence-electron chi connectivity index (χ4n) is 1.39. The maximum Gasteiger partial charge on any atom is 0.224 e. The van der Waals surface area contributed by atoms with Crippen LogP contribution in [0.2, 0.25) is 0 Å². The van der Waals surface area contributed by atoms with E-state index in [1.807, 2.05) is 6.92 Å². The fraction of sp³-hybridized carbons (Fsp3) is 0.667. The summed E-state index contributed by atoms with van der Waals surface area (Å²) in [7, 11) is 1.62. The van der Waals surface area contributed by atoms with E-state index in [1.54, 1.807) is 26.3 Å². The van der Waals surface area contributed by atoms with Gasteiger partial charge < -0.3 is 20.5 Å². The second-order valence-corrected chi connectivity index (χ2v) is 4.39. The minimum Gasteiger partial charge on any atom is -0.388 e. The Morgan fingerprint density at radius 2 is 2.22 bits per heavy atom. The van der Waals surface area contributed by atoms with E-state index in [2.05, 4.69) is 20.6 Å². The lowest BCUT2D eigenvalue weighted by Crippen LogP contribution is -2.34. The molecule has 0 spiro atoms. The zero-order valence-corrected chi connectivity index (χ0v) is 11.2. The number of nitrogens with one attached hydrogen (secondary N) is 2. The summed E-state index contributed by atoms with van der Waals surface area (Å²) in [6.45, 7) is 5.47. The highest BCUT2D eigenvalue weighted by molar-refractivity contribution is 5.39. The first kappa shape index (κ1) is 14.7. The Morgan fingerprint density at radius 1 is 1.44 bits per heavy atom. The van der Waals surface area contributed by atoms with Gasteiger partial charge in [0.2, 0.25) is 5.95 Å². The highest BCUT2D eigenvalue weighted by atomic mass is 16.5. The van der Waals surface area contributed by atoms with Crippen LogP contribution < -0.4 is 10.6 Å². The molecule has 0 aliphatic rings. The van der Waals surface area contributed by atoms with Crippen LogP contribution in [0.25, 0.3) is 0 Å². The smallest absolute Gasteiger partial charge is 0.224 e. The molecule has 1 rings (SSSR count). The highest BCUT2D eigenvalue weighted by Crippen LogP contribution is 2.12. The standard InChI is InChI=1S/C12H22N4O2/c1-4-13-11-14-7-5-10(16-11)15-9-12(2,17)6-8-18-3/h5,7,17H,4,6,8-9H2,1-3H3,(H2,13,14,15,16). The van der Waals surface area contributed by atoms with Crippen LogP contribution in [-0.4, -0.2) is 47.5 Å². The Bertz CT molecular complexity index is 358. The summed E-state index contributed by atoms with van der Waals surface area (Å²) in [5.74, 6) is 1.28. The van der Waals surface area contributed by atoms with E-state index in [0.717, 1.165) is 6.54 Å². The predicted molar refractivity (Wildman–Crippen MR) is 71.8 cm³/mol. The highest BCUT2D eigenvalue weighted by Gasteiger charge is 2.19. The van der Waals surface area contributed by atoms with Gasteiger partial charge in [-0.25, -0.2) is 4.98 Å². The molecular formula is C12H22N4O2. The van der Waals surface area contributed by atoms with E-state index in [4.69, 9.17) is 4.74 Å². The third kappa shape index (κ3) is 5.29. The molecule has 0 aliphatic carbocycles. The Morgan fingerprint density at radius 3 is 2.89 bits per heavy atom. The van der Waals surface area contributed by atoms with Crippen molar-refractivity contribution in [1.29, 1.82) is 0 Å². The SMILES string of the molecule is CCNc1nccc(NCC(C)(O)CCOC)n1. The number of methoxy groups -OCH3 is 1. The fourth-order valence-corrected chi connectivity index (χ4v) is 1.39. The largest absolute Gasteiger partial charge is 0.388 e. The normalized spacial score (nSPS) is 14.0. The quantitative estimate of drug-likeness (QED) is 0.645. The predicted octanol–water partition coefficient (Wildman–Crippen LogP) is 1.11. The number of hydrogen-bond donors (Lipinski definition) is 3. The van der Waals surface area contributed by atoms with Gasteiger partial charge in [0.1, 0.15) is 5.82 Å². The second-order valence-electron chi connectivity index (χ2n) is 4.39. The molecule has 0 aromatic carbocycles. The summed E-state index contributed by atoms with van der Waals surface area (Å²) in [6, 6.07) is 1.77. The van der Waals surface area contributed by atoms with Crippen LogP contribution in [0.3, 0.4) is 0 Å². The van der Waals surface area contributed by atoms with Gasteiger partial charge in [0, 0.05) is 39.4 Å². The first-order chi connectivity index (χ1) is 8.57. The summed E-state index contributed by atoms with van der Waals surface area (Å²) >= 11 is 0. The minimum atomic E-state index is -0.820. The van der Waals surface area contributed by atoms with Crippen molar-refractivity contribution in [1.82, 2.24) is 9.97 Å². The van der Waals surface area contributed by atoms with Crippen LogP contribution in [-0.2, 0) is 4.74 Å². The lowest BCUT2D eigenvalue weighted by molar-refractivity contribution is 0.0357.